The maximum absolute atomic E-state index is 11.7. The molecule has 1 aliphatic rings. The maximum Gasteiger partial charge on any atom is 0.390 e. The summed E-state index contributed by atoms with van der Waals surface area (Å²) >= 11 is 0. The van der Waals surface area contributed by atoms with Gasteiger partial charge in [-0.05, 0) is 12.8 Å². The SMILES string of the molecule is FC(F)(F)CCNCCOC1CCCC1. The van der Waals surface area contributed by atoms with E-state index in [1.807, 2.05) is 0 Å². The van der Waals surface area contributed by atoms with Crippen molar-refractivity contribution in [2.24, 2.45) is 0 Å². The van der Waals surface area contributed by atoms with Crippen molar-refractivity contribution in [2.75, 3.05) is 19.7 Å². The molecule has 0 radical (unpaired) electrons. The van der Waals surface area contributed by atoms with Gasteiger partial charge in [0.2, 0.25) is 0 Å². The number of nitrogens with one attached hydrogen (secondary N) is 1. The summed E-state index contributed by atoms with van der Waals surface area (Å²) in [6.07, 6.45) is 0.147. The molecule has 0 bridgehead atoms. The van der Waals surface area contributed by atoms with Gasteiger partial charge in [0.25, 0.3) is 0 Å². The van der Waals surface area contributed by atoms with Gasteiger partial charge in [0.1, 0.15) is 0 Å². The molecule has 0 atom stereocenters. The summed E-state index contributed by atoms with van der Waals surface area (Å²) in [6, 6.07) is 0. The first-order chi connectivity index (χ1) is 7.08. The molecule has 90 valence electrons. The second-order valence-electron chi connectivity index (χ2n) is 3.89. The Bertz CT molecular complexity index is 167. The quantitative estimate of drug-likeness (QED) is 0.701. The third kappa shape index (κ3) is 6.73. The molecule has 2 nitrogen and oxygen atoms in total. The highest BCUT2D eigenvalue weighted by Crippen LogP contribution is 2.20. The minimum Gasteiger partial charge on any atom is -0.377 e. The van der Waals surface area contributed by atoms with Crippen LogP contribution in [0.25, 0.3) is 0 Å². The van der Waals surface area contributed by atoms with Gasteiger partial charge in [-0.3, -0.25) is 0 Å². The lowest BCUT2D eigenvalue weighted by Crippen LogP contribution is -2.26. The highest BCUT2D eigenvalue weighted by Gasteiger charge is 2.25. The van der Waals surface area contributed by atoms with E-state index in [1.54, 1.807) is 0 Å². The van der Waals surface area contributed by atoms with Crippen LogP contribution in [0.3, 0.4) is 0 Å². The Hall–Kier alpha value is -0.290. The molecule has 15 heavy (non-hydrogen) atoms. The number of alkyl halides is 3. The van der Waals surface area contributed by atoms with Gasteiger partial charge in [-0.2, -0.15) is 13.2 Å². The number of hydrogen-bond donors (Lipinski definition) is 1. The highest BCUT2D eigenvalue weighted by molar-refractivity contribution is 4.66. The second-order valence-corrected chi connectivity index (χ2v) is 3.89. The van der Waals surface area contributed by atoms with Crippen LogP contribution in [0.5, 0.6) is 0 Å². The van der Waals surface area contributed by atoms with Crippen LogP contribution >= 0.6 is 0 Å². The van der Waals surface area contributed by atoms with E-state index in [0.717, 1.165) is 12.8 Å². The van der Waals surface area contributed by atoms with E-state index >= 15 is 0 Å². The smallest absolute Gasteiger partial charge is 0.377 e. The first kappa shape index (κ1) is 12.8. The molecule has 1 N–H and O–H groups in total. The molecule has 1 fully saturated rings. The zero-order chi connectivity index (χ0) is 11.1. The Morgan fingerprint density at radius 3 is 2.40 bits per heavy atom. The fraction of sp³-hybridized carbons (Fsp3) is 1.00. The summed E-state index contributed by atoms with van der Waals surface area (Å²) in [4.78, 5) is 0. The largest absolute Gasteiger partial charge is 0.390 e. The van der Waals surface area contributed by atoms with Gasteiger partial charge in [0, 0.05) is 13.1 Å². The number of rotatable bonds is 6. The van der Waals surface area contributed by atoms with Crippen LogP contribution in [0, 0.1) is 0 Å². The van der Waals surface area contributed by atoms with Crippen molar-refractivity contribution in [3.63, 3.8) is 0 Å². The van der Waals surface area contributed by atoms with E-state index in [0.29, 0.717) is 19.3 Å². The summed E-state index contributed by atoms with van der Waals surface area (Å²) in [5.41, 5.74) is 0. The molecule has 1 rings (SSSR count). The molecule has 0 aromatic heterocycles. The zero-order valence-corrected chi connectivity index (χ0v) is 8.78. The molecular weight excluding hydrogens is 207 g/mol. The average molecular weight is 225 g/mol. The fourth-order valence-corrected chi connectivity index (χ4v) is 1.71. The molecule has 5 heteroatoms. The van der Waals surface area contributed by atoms with Gasteiger partial charge in [-0.15, -0.1) is 0 Å². The summed E-state index contributed by atoms with van der Waals surface area (Å²) in [6.45, 7) is 1.01. The minimum atomic E-state index is -4.06. The molecular formula is C10H18F3NO. The summed E-state index contributed by atoms with van der Waals surface area (Å²) < 4.78 is 40.7. The van der Waals surface area contributed by atoms with Crippen molar-refractivity contribution < 1.29 is 17.9 Å². The van der Waals surface area contributed by atoms with Crippen molar-refractivity contribution in [1.82, 2.24) is 5.32 Å². The lowest BCUT2D eigenvalue weighted by atomic mass is 10.3. The molecule has 0 aromatic rings. The van der Waals surface area contributed by atoms with Crippen molar-refractivity contribution in [1.29, 1.82) is 0 Å². The van der Waals surface area contributed by atoms with Crippen LogP contribution in [-0.2, 0) is 4.74 Å². The summed E-state index contributed by atoms with van der Waals surface area (Å²) in [5.74, 6) is 0. The van der Waals surface area contributed by atoms with Gasteiger partial charge in [0.05, 0.1) is 19.1 Å². The van der Waals surface area contributed by atoms with E-state index in [-0.39, 0.29) is 6.54 Å². The Kier molecular flexibility index (Phi) is 5.39. The third-order valence-electron chi connectivity index (χ3n) is 2.52. The Labute approximate surface area is 88.2 Å². The molecule has 0 aliphatic heterocycles. The first-order valence-corrected chi connectivity index (χ1v) is 5.47. The molecule has 0 aromatic carbocycles. The molecule has 0 amide bonds. The average Bonchev–Trinajstić information content (AvgIpc) is 2.61. The fourth-order valence-electron chi connectivity index (χ4n) is 1.71. The lowest BCUT2D eigenvalue weighted by molar-refractivity contribution is -0.133. The Balaban J connectivity index is 1.84. The van der Waals surface area contributed by atoms with Crippen molar-refractivity contribution in [3.05, 3.63) is 0 Å². The second kappa shape index (κ2) is 6.33. The van der Waals surface area contributed by atoms with Crippen molar-refractivity contribution in [2.45, 2.75) is 44.4 Å². The summed E-state index contributed by atoms with van der Waals surface area (Å²) in [5, 5.41) is 2.72. The van der Waals surface area contributed by atoms with Gasteiger partial charge < -0.3 is 10.1 Å². The van der Waals surface area contributed by atoms with Gasteiger partial charge in [-0.25, -0.2) is 0 Å². The molecule has 1 saturated carbocycles. The summed E-state index contributed by atoms with van der Waals surface area (Å²) in [7, 11) is 0. The van der Waals surface area contributed by atoms with Gasteiger partial charge >= 0.3 is 6.18 Å². The zero-order valence-electron chi connectivity index (χ0n) is 8.78. The molecule has 0 saturated heterocycles. The van der Waals surface area contributed by atoms with Crippen molar-refractivity contribution >= 4 is 0 Å². The standard InChI is InChI=1S/C10H18F3NO/c11-10(12,13)5-6-14-7-8-15-9-3-1-2-4-9/h9,14H,1-8H2. The Morgan fingerprint density at radius 2 is 1.80 bits per heavy atom. The number of ether oxygens (including phenoxy) is 1. The van der Waals surface area contributed by atoms with Crippen LogP contribution in [0.4, 0.5) is 13.2 Å². The van der Waals surface area contributed by atoms with E-state index < -0.39 is 12.6 Å². The number of hydrogen-bond acceptors (Lipinski definition) is 2. The Morgan fingerprint density at radius 1 is 1.13 bits per heavy atom. The van der Waals surface area contributed by atoms with Crippen LogP contribution in [0.15, 0.2) is 0 Å². The van der Waals surface area contributed by atoms with Gasteiger partial charge in [-0.1, -0.05) is 12.8 Å². The van der Waals surface area contributed by atoms with Gasteiger partial charge in [0.15, 0.2) is 0 Å². The van der Waals surface area contributed by atoms with Crippen LogP contribution in [-0.4, -0.2) is 32.0 Å². The van der Waals surface area contributed by atoms with E-state index in [9.17, 15) is 13.2 Å². The van der Waals surface area contributed by atoms with Crippen LogP contribution < -0.4 is 5.32 Å². The lowest BCUT2D eigenvalue weighted by Gasteiger charge is -2.11. The molecule has 0 unspecified atom stereocenters. The van der Waals surface area contributed by atoms with Crippen LogP contribution in [0.1, 0.15) is 32.1 Å². The normalized spacial score (nSPS) is 18.6. The topological polar surface area (TPSA) is 21.3 Å². The molecule has 0 heterocycles. The maximum atomic E-state index is 11.7. The highest BCUT2D eigenvalue weighted by atomic mass is 19.4. The van der Waals surface area contributed by atoms with E-state index in [4.69, 9.17) is 4.74 Å². The van der Waals surface area contributed by atoms with E-state index in [2.05, 4.69) is 5.32 Å². The third-order valence-corrected chi connectivity index (χ3v) is 2.52. The predicted molar refractivity (Wildman–Crippen MR) is 51.7 cm³/mol. The molecule has 0 spiro atoms. The van der Waals surface area contributed by atoms with Crippen molar-refractivity contribution in [3.8, 4) is 0 Å². The monoisotopic (exact) mass is 225 g/mol. The first-order valence-electron chi connectivity index (χ1n) is 5.47. The van der Waals surface area contributed by atoms with E-state index in [1.165, 1.54) is 12.8 Å². The molecule has 1 aliphatic carbocycles. The predicted octanol–water partition coefficient (Wildman–Crippen LogP) is 2.49. The number of halogens is 3. The minimum absolute atomic E-state index is 0.0163. The van der Waals surface area contributed by atoms with Crippen LogP contribution in [0.2, 0.25) is 0 Å².